The summed E-state index contributed by atoms with van der Waals surface area (Å²) >= 11 is 0. The van der Waals surface area contributed by atoms with Crippen LogP contribution in [0.5, 0.6) is 0 Å². The molecule has 0 aromatic heterocycles. The average molecular weight is 318 g/mol. The number of carbonyl (C=O) groups excluding carboxylic acids is 4. The maximum Gasteiger partial charge on any atom is 0.218 e. The quantitative estimate of drug-likeness (QED) is 0.626. The van der Waals surface area contributed by atoms with E-state index in [1.54, 1.807) is 48.5 Å². The molecule has 0 atom stereocenters. The van der Waals surface area contributed by atoms with E-state index in [4.69, 9.17) is 0 Å². The molecule has 2 aromatic rings. The number of anilines is 2. The molecule has 4 rings (SSSR count). The Morgan fingerprint density at radius 1 is 0.625 bits per heavy atom. The number of benzene rings is 2. The van der Waals surface area contributed by atoms with Crippen molar-refractivity contribution in [2.45, 2.75) is 0 Å². The Morgan fingerprint density at radius 3 is 1.38 bits per heavy atom. The van der Waals surface area contributed by atoms with E-state index in [1.807, 2.05) is 0 Å². The number of nitrogens with zero attached hydrogens (tertiary/aromatic N) is 2. The first-order chi connectivity index (χ1) is 11.7. The van der Waals surface area contributed by atoms with E-state index in [0.29, 0.717) is 35.3 Å². The first kappa shape index (κ1) is 14.1. The van der Waals surface area contributed by atoms with E-state index in [1.165, 1.54) is 0 Å². The van der Waals surface area contributed by atoms with Crippen LogP contribution in [-0.4, -0.2) is 24.4 Å². The lowest BCUT2D eigenvalue weighted by Crippen LogP contribution is -2.28. The standard InChI is InChI=1S/C18H10N2O4/c21-9-19-13-7-3-1-5-11(13)17(23)15(19)16-18(24)12-6-2-4-8-14(12)20(16)10-22/h1-10H/b16-15+. The molecule has 0 saturated carbocycles. The molecule has 0 unspecified atom stereocenters. The Labute approximate surface area is 136 Å². The van der Waals surface area contributed by atoms with Crippen LogP contribution in [0.3, 0.4) is 0 Å². The van der Waals surface area contributed by atoms with Crippen LogP contribution >= 0.6 is 0 Å². The lowest BCUT2D eigenvalue weighted by atomic mass is 10.1. The predicted molar refractivity (Wildman–Crippen MR) is 85.7 cm³/mol. The highest BCUT2D eigenvalue weighted by atomic mass is 16.2. The van der Waals surface area contributed by atoms with Gasteiger partial charge in [0.1, 0.15) is 11.4 Å². The van der Waals surface area contributed by atoms with Crippen molar-refractivity contribution in [1.82, 2.24) is 0 Å². The first-order valence-electron chi connectivity index (χ1n) is 7.20. The van der Waals surface area contributed by atoms with Crippen LogP contribution in [0.1, 0.15) is 20.7 Å². The monoisotopic (exact) mass is 318 g/mol. The molecule has 2 aliphatic rings. The molecule has 2 heterocycles. The smallest absolute Gasteiger partial charge is 0.218 e. The third kappa shape index (κ3) is 1.65. The van der Waals surface area contributed by atoms with Crippen LogP contribution in [0.25, 0.3) is 0 Å². The molecule has 0 radical (unpaired) electrons. The summed E-state index contributed by atoms with van der Waals surface area (Å²) in [6.07, 6.45) is 0.955. The molecule has 0 aliphatic carbocycles. The molecule has 2 aromatic carbocycles. The summed E-state index contributed by atoms with van der Waals surface area (Å²) < 4.78 is 0. The maximum absolute atomic E-state index is 12.8. The molecule has 24 heavy (non-hydrogen) atoms. The SMILES string of the molecule is O=CN1/C(=C2\C(=O)c3ccccc3N2C=O)C(=O)c2ccccc21. The summed E-state index contributed by atoms with van der Waals surface area (Å²) in [6, 6.07) is 13.1. The highest BCUT2D eigenvalue weighted by Crippen LogP contribution is 2.40. The summed E-state index contributed by atoms with van der Waals surface area (Å²) in [5.41, 5.74) is 1.24. The fourth-order valence-corrected chi connectivity index (χ4v) is 3.13. The fourth-order valence-electron chi connectivity index (χ4n) is 3.13. The molecule has 116 valence electrons. The van der Waals surface area contributed by atoms with Gasteiger partial charge in [-0.2, -0.15) is 0 Å². The number of allylic oxidation sites excluding steroid dienone is 2. The van der Waals surface area contributed by atoms with Crippen LogP contribution in [-0.2, 0) is 9.59 Å². The summed E-state index contributed by atoms with van der Waals surface area (Å²) in [5.74, 6) is -0.915. The van der Waals surface area contributed by atoms with Gasteiger partial charge in [0.15, 0.2) is 0 Å². The number of hydrogen-bond acceptors (Lipinski definition) is 4. The minimum absolute atomic E-state index is 0.0977. The van der Waals surface area contributed by atoms with Crippen LogP contribution in [0.15, 0.2) is 59.9 Å². The van der Waals surface area contributed by atoms with E-state index >= 15 is 0 Å². The van der Waals surface area contributed by atoms with E-state index in [9.17, 15) is 19.2 Å². The molecule has 6 heteroatoms. The number of hydrogen-bond donors (Lipinski definition) is 0. The third-order valence-corrected chi connectivity index (χ3v) is 4.16. The zero-order valence-electron chi connectivity index (χ0n) is 12.3. The number of rotatable bonds is 2. The molecule has 0 spiro atoms. The molecule has 6 nitrogen and oxygen atoms in total. The Balaban J connectivity index is 2.01. The van der Waals surface area contributed by atoms with E-state index in [0.717, 1.165) is 9.80 Å². The van der Waals surface area contributed by atoms with Crippen molar-refractivity contribution in [2.75, 3.05) is 9.80 Å². The lowest BCUT2D eigenvalue weighted by molar-refractivity contribution is -0.108. The van der Waals surface area contributed by atoms with Gasteiger partial charge in [-0.15, -0.1) is 0 Å². The van der Waals surface area contributed by atoms with Crippen molar-refractivity contribution in [3.05, 3.63) is 71.1 Å². The van der Waals surface area contributed by atoms with Gasteiger partial charge in [-0.3, -0.25) is 29.0 Å². The molecular formula is C18H10N2O4. The van der Waals surface area contributed by atoms with Gasteiger partial charge in [-0.1, -0.05) is 24.3 Å². The zero-order chi connectivity index (χ0) is 16.8. The van der Waals surface area contributed by atoms with Crippen molar-refractivity contribution in [1.29, 1.82) is 0 Å². The van der Waals surface area contributed by atoms with Crippen molar-refractivity contribution >= 4 is 35.8 Å². The van der Waals surface area contributed by atoms with Crippen LogP contribution in [0.4, 0.5) is 11.4 Å². The molecule has 2 amide bonds. The Morgan fingerprint density at radius 2 is 1.00 bits per heavy atom. The summed E-state index contributed by atoms with van der Waals surface area (Å²) in [6.45, 7) is 0. The number of para-hydroxylation sites is 2. The minimum Gasteiger partial charge on any atom is -0.287 e. The van der Waals surface area contributed by atoms with Crippen molar-refractivity contribution in [3.63, 3.8) is 0 Å². The Hall–Kier alpha value is -3.54. The summed E-state index contributed by atoms with van der Waals surface area (Å²) in [7, 11) is 0. The zero-order valence-corrected chi connectivity index (χ0v) is 12.3. The molecule has 0 bridgehead atoms. The van der Waals surface area contributed by atoms with Gasteiger partial charge in [-0.25, -0.2) is 0 Å². The molecule has 0 saturated heterocycles. The normalized spacial score (nSPS) is 18.7. The number of ketones is 2. The number of carbonyl (C=O) groups is 4. The largest absolute Gasteiger partial charge is 0.287 e. The molecule has 0 fully saturated rings. The molecule has 2 aliphatic heterocycles. The van der Waals surface area contributed by atoms with Crippen molar-refractivity contribution in [2.24, 2.45) is 0 Å². The van der Waals surface area contributed by atoms with Crippen LogP contribution in [0.2, 0.25) is 0 Å². The predicted octanol–water partition coefficient (Wildman–Crippen LogP) is 1.92. The van der Waals surface area contributed by atoms with Crippen molar-refractivity contribution in [3.8, 4) is 0 Å². The summed E-state index contributed by atoms with van der Waals surface area (Å²) in [4.78, 5) is 50.9. The maximum atomic E-state index is 12.8. The fraction of sp³-hybridized carbons (Fsp3) is 0. The van der Waals surface area contributed by atoms with Gasteiger partial charge in [0.25, 0.3) is 0 Å². The lowest BCUT2D eigenvalue weighted by Gasteiger charge is -2.17. The second-order valence-electron chi connectivity index (χ2n) is 5.34. The molecule has 0 N–H and O–H groups in total. The van der Waals surface area contributed by atoms with Gasteiger partial charge < -0.3 is 0 Å². The Bertz CT molecular complexity index is 883. The number of Topliss-reactive ketones (excluding diaryl/α,β-unsaturated/α-hetero) is 2. The van der Waals surface area contributed by atoms with Gasteiger partial charge in [0, 0.05) is 11.1 Å². The van der Waals surface area contributed by atoms with Gasteiger partial charge >= 0.3 is 0 Å². The van der Waals surface area contributed by atoms with E-state index < -0.39 is 11.6 Å². The minimum atomic E-state index is -0.458. The van der Waals surface area contributed by atoms with Crippen LogP contribution < -0.4 is 9.80 Å². The number of fused-ring (bicyclic) bond motifs is 2. The first-order valence-corrected chi connectivity index (χ1v) is 7.20. The topological polar surface area (TPSA) is 74.8 Å². The highest BCUT2D eigenvalue weighted by Gasteiger charge is 2.42. The van der Waals surface area contributed by atoms with E-state index in [-0.39, 0.29) is 11.4 Å². The average Bonchev–Trinajstić information content (AvgIpc) is 3.06. The second-order valence-corrected chi connectivity index (χ2v) is 5.34. The third-order valence-electron chi connectivity index (χ3n) is 4.16. The Kier molecular flexibility index (Phi) is 2.93. The van der Waals surface area contributed by atoms with Crippen molar-refractivity contribution < 1.29 is 19.2 Å². The van der Waals surface area contributed by atoms with Gasteiger partial charge in [-0.05, 0) is 24.3 Å². The summed E-state index contributed by atoms with van der Waals surface area (Å²) in [5, 5.41) is 0. The van der Waals surface area contributed by atoms with Gasteiger partial charge in [0.05, 0.1) is 11.4 Å². The second kappa shape index (κ2) is 4.99. The van der Waals surface area contributed by atoms with Gasteiger partial charge in [0.2, 0.25) is 24.4 Å². The highest BCUT2D eigenvalue weighted by molar-refractivity contribution is 6.31. The van der Waals surface area contributed by atoms with Crippen LogP contribution in [0, 0.1) is 0 Å². The number of amides is 2. The van der Waals surface area contributed by atoms with E-state index in [2.05, 4.69) is 0 Å². The molecular weight excluding hydrogens is 308 g/mol.